The van der Waals surface area contributed by atoms with Crippen molar-refractivity contribution < 1.29 is 13.1 Å². The van der Waals surface area contributed by atoms with Gasteiger partial charge in [0.2, 0.25) is 0 Å². The topological polar surface area (TPSA) is 7.94 Å². The first kappa shape index (κ1) is 17.5. The molecule has 1 aromatic heterocycles. The van der Waals surface area contributed by atoms with E-state index in [4.69, 9.17) is 0 Å². The first-order valence-electron chi connectivity index (χ1n) is 8.68. The summed E-state index contributed by atoms with van der Waals surface area (Å²) in [5.41, 5.74) is 7.10. The summed E-state index contributed by atoms with van der Waals surface area (Å²) in [4.78, 5) is 0. The second-order valence-electron chi connectivity index (χ2n) is 7.30. The molecule has 2 nitrogen and oxygen atoms in total. The van der Waals surface area contributed by atoms with E-state index in [0.29, 0.717) is 22.8 Å². The number of nitrogens with zero attached hydrogens (tertiary/aromatic N) is 2. The Morgan fingerprint density at radius 3 is 2.35 bits per heavy atom. The Balaban J connectivity index is 2.17. The summed E-state index contributed by atoms with van der Waals surface area (Å²) in [6.45, 7) is 5.44. The summed E-state index contributed by atoms with van der Waals surface area (Å²) in [6, 6.07) is 7.92. The van der Waals surface area contributed by atoms with E-state index in [0.717, 1.165) is 32.3 Å². The smallest absolute Gasteiger partial charge is 0.393 e. The highest BCUT2D eigenvalue weighted by atomic mass is 79.9. The molecule has 0 amide bonds. The lowest BCUT2D eigenvalue weighted by atomic mass is 9.83. The first-order chi connectivity index (χ1) is 12.1. The highest BCUT2D eigenvalue weighted by Gasteiger charge is 2.55. The van der Waals surface area contributed by atoms with Crippen LogP contribution in [0, 0.1) is 20.8 Å². The number of fused-ring (bicyclic) bond motifs is 2. The molecule has 0 atom stereocenters. The molecule has 0 radical (unpaired) electrons. The molecule has 0 aliphatic carbocycles. The van der Waals surface area contributed by atoms with Gasteiger partial charge in [-0.3, -0.25) is 0 Å². The van der Waals surface area contributed by atoms with Gasteiger partial charge >= 0.3 is 6.97 Å². The number of allylic oxidation sites excluding steroid dienone is 2. The van der Waals surface area contributed by atoms with Crippen LogP contribution in [-0.2, 0) is 0 Å². The Hall–Kier alpha value is -1.95. The van der Waals surface area contributed by atoms with E-state index in [2.05, 4.69) is 15.9 Å². The van der Waals surface area contributed by atoms with Crippen LogP contribution in [0.1, 0.15) is 41.9 Å². The Kier molecular flexibility index (Phi) is 3.71. The predicted octanol–water partition coefficient (Wildman–Crippen LogP) is 5.60. The molecule has 0 fully saturated rings. The van der Waals surface area contributed by atoms with Crippen molar-refractivity contribution in [2.75, 3.05) is 0 Å². The summed E-state index contributed by atoms with van der Waals surface area (Å²) in [5.74, 6) is 0. The lowest BCUT2D eigenvalue weighted by Gasteiger charge is -2.34. The highest BCUT2D eigenvalue weighted by molar-refractivity contribution is 9.10. The van der Waals surface area contributed by atoms with Crippen molar-refractivity contribution in [2.45, 2.75) is 34.6 Å². The minimum Gasteiger partial charge on any atom is -0.393 e. The van der Waals surface area contributed by atoms with Crippen LogP contribution in [0.5, 0.6) is 0 Å². The number of rotatable bonds is 1. The van der Waals surface area contributed by atoms with Crippen molar-refractivity contribution in [3.63, 3.8) is 0 Å². The van der Waals surface area contributed by atoms with E-state index in [-0.39, 0.29) is 0 Å². The van der Waals surface area contributed by atoms with Crippen molar-refractivity contribution in [2.24, 2.45) is 0 Å². The largest absolute Gasteiger partial charge is 0.737 e. The van der Waals surface area contributed by atoms with E-state index >= 15 is 8.63 Å². The monoisotopic (exact) mass is 416 g/mol. The lowest BCUT2D eigenvalue weighted by Crippen LogP contribution is -2.51. The number of hydrogen-bond acceptors (Lipinski definition) is 0. The van der Waals surface area contributed by atoms with Gasteiger partial charge in [0.05, 0.1) is 5.57 Å². The predicted molar refractivity (Wildman–Crippen MR) is 107 cm³/mol. The van der Waals surface area contributed by atoms with Gasteiger partial charge in [0.25, 0.3) is 0 Å². The molecule has 4 rings (SSSR count). The highest BCUT2D eigenvalue weighted by Crippen LogP contribution is 2.44. The van der Waals surface area contributed by atoms with E-state index in [1.807, 2.05) is 51.1 Å². The van der Waals surface area contributed by atoms with Crippen LogP contribution in [0.2, 0.25) is 0 Å². The van der Waals surface area contributed by atoms with Gasteiger partial charge in [-0.15, -0.1) is 0 Å². The Morgan fingerprint density at radius 1 is 1.00 bits per heavy atom. The molecule has 3 heterocycles. The fourth-order valence-corrected chi connectivity index (χ4v) is 4.70. The molecular formula is C20H20BBrF2N2. The quantitative estimate of drug-likeness (QED) is 0.534. The maximum Gasteiger partial charge on any atom is 0.737 e. The third-order valence-electron chi connectivity index (χ3n) is 5.40. The third kappa shape index (κ3) is 2.17. The van der Waals surface area contributed by atoms with Crippen LogP contribution in [-0.4, -0.2) is 21.6 Å². The standard InChI is InChI=1S/C20H20BBrF2N2/c1-11-6-7-16(10-17(11)22)18-19-12(2)8-14(4)25(19)21(23,24)26-15(5)9-13(3)20(18)26/h6-10H,1-5H3. The molecular weight excluding hydrogens is 397 g/mol. The maximum atomic E-state index is 15.5. The lowest BCUT2D eigenvalue weighted by molar-refractivity contribution is -0.363. The van der Waals surface area contributed by atoms with E-state index in [1.54, 1.807) is 13.8 Å². The summed E-state index contributed by atoms with van der Waals surface area (Å²) >= 11 is 3.59. The average molecular weight is 417 g/mol. The van der Waals surface area contributed by atoms with Crippen molar-refractivity contribution in [3.05, 3.63) is 74.2 Å². The molecule has 1 aromatic carbocycles. The minimum atomic E-state index is -3.92. The van der Waals surface area contributed by atoms with E-state index < -0.39 is 6.97 Å². The van der Waals surface area contributed by atoms with Crippen LogP contribution in [0.4, 0.5) is 8.63 Å². The molecule has 134 valence electrons. The van der Waals surface area contributed by atoms with Gasteiger partial charge in [0, 0.05) is 28.7 Å². The number of benzene rings is 1. The second-order valence-corrected chi connectivity index (χ2v) is 8.16. The fraction of sp³-hybridized carbons (Fsp3) is 0.250. The molecule has 0 unspecified atom stereocenters. The third-order valence-corrected chi connectivity index (χ3v) is 6.25. The Morgan fingerprint density at radius 2 is 1.69 bits per heavy atom. The van der Waals surface area contributed by atoms with Gasteiger partial charge in [-0.05, 0) is 62.2 Å². The van der Waals surface area contributed by atoms with Crippen molar-refractivity contribution in [3.8, 4) is 0 Å². The van der Waals surface area contributed by atoms with Gasteiger partial charge in [-0.2, -0.15) is 0 Å². The van der Waals surface area contributed by atoms with Gasteiger partial charge in [-0.1, -0.05) is 28.1 Å². The van der Waals surface area contributed by atoms with Crippen molar-refractivity contribution >= 4 is 34.2 Å². The number of hydrogen-bond donors (Lipinski definition) is 0. The van der Waals surface area contributed by atoms with Gasteiger partial charge < -0.3 is 17.6 Å². The molecule has 0 N–H and O–H groups in total. The van der Waals surface area contributed by atoms with Crippen LogP contribution in [0.15, 0.2) is 46.1 Å². The van der Waals surface area contributed by atoms with E-state index in [9.17, 15) is 0 Å². The Labute approximate surface area is 160 Å². The summed E-state index contributed by atoms with van der Waals surface area (Å²) < 4.78 is 34.5. The van der Waals surface area contributed by atoms with Crippen LogP contribution < -0.4 is 0 Å². The molecule has 2 aliphatic heterocycles. The Bertz CT molecular complexity index is 1070. The molecule has 0 bridgehead atoms. The molecule has 2 aromatic rings. The number of aryl methyl sites for hydroxylation is 3. The molecule has 26 heavy (non-hydrogen) atoms. The van der Waals surface area contributed by atoms with Crippen LogP contribution >= 0.6 is 15.9 Å². The molecule has 0 saturated heterocycles. The first-order valence-corrected chi connectivity index (χ1v) is 9.47. The van der Waals surface area contributed by atoms with Gasteiger partial charge in [-0.25, -0.2) is 0 Å². The summed E-state index contributed by atoms with van der Waals surface area (Å²) in [5, 5.41) is 0. The summed E-state index contributed by atoms with van der Waals surface area (Å²) in [6.07, 6.45) is 1.85. The van der Waals surface area contributed by atoms with Gasteiger partial charge in [0.1, 0.15) is 5.71 Å². The molecule has 6 heteroatoms. The van der Waals surface area contributed by atoms with Gasteiger partial charge in [0.15, 0.2) is 5.70 Å². The van der Waals surface area contributed by atoms with Crippen molar-refractivity contribution in [1.82, 2.24) is 4.48 Å². The zero-order valence-electron chi connectivity index (χ0n) is 15.5. The average Bonchev–Trinajstić information content (AvgIpc) is 3.01. The van der Waals surface area contributed by atoms with Crippen LogP contribution in [0.25, 0.3) is 5.57 Å². The molecule has 2 aliphatic rings. The van der Waals surface area contributed by atoms with Crippen molar-refractivity contribution in [1.29, 1.82) is 0 Å². The molecule has 0 saturated carbocycles. The molecule has 0 spiro atoms. The summed E-state index contributed by atoms with van der Waals surface area (Å²) in [7, 11) is 0. The SMILES string of the molecule is CC1=CC(C)=[N+]2C1=C(c1ccc(C)c(Br)c1)c1c(C)cc(C)n1[B-]2(F)F. The minimum absolute atomic E-state index is 0.586. The van der Waals surface area contributed by atoms with E-state index in [1.165, 1.54) is 8.96 Å². The number of halogens is 3. The second kappa shape index (κ2) is 5.52. The fourth-order valence-electron chi connectivity index (χ4n) is 4.32. The zero-order valence-corrected chi connectivity index (χ0v) is 17.1. The number of aromatic nitrogens is 1. The zero-order chi connectivity index (χ0) is 19.0. The normalized spacial score (nSPS) is 18.2. The maximum absolute atomic E-state index is 15.5. The van der Waals surface area contributed by atoms with Crippen LogP contribution in [0.3, 0.4) is 0 Å².